The fourth-order valence-corrected chi connectivity index (χ4v) is 2.66. The van der Waals surface area contributed by atoms with E-state index in [1.165, 1.54) is 12.1 Å². The molecule has 0 bridgehead atoms. The van der Waals surface area contributed by atoms with Crippen LogP contribution in [0.2, 0.25) is 5.02 Å². The molecule has 0 fully saturated rings. The highest BCUT2D eigenvalue weighted by Crippen LogP contribution is 2.19. The molecule has 1 unspecified atom stereocenters. The van der Waals surface area contributed by atoms with Crippen molar-refractivity contribution in [2.24, 2.45) is 5.92 Å². The zero-order valence-corrected chi connectivity index (χ0v) is 13.2. The molecule has 0 heterocycles. The van der Waals surface area contributed by atoms with Crippen LogP contribution in [-0.4, -0.2) is 17.8 Å². The molecule has 1 aromatic rings. The highest BCUT2D eigenvalue weighted by Gasteiger charge is 2.13. The molecule has 1 aromatic carbocycles. The summed E-state index contributed by atoms with van der Waals surface area (Å²) in [7, 11) is 0. The number of amides is 1. The van der Waals surface area contributed by atoms with Gasteiger partial charge in [0.15, 0.2) is 0 Å². The first kappa shape index (κ1) is 16.4. The summed E-state index contributed by atoms with van der Waals surface area (Å²) in [6, 6.07) is 4.43. The number of benzene rings is 1. The summed E-state index contributed by atoms with van der Waals surface area (Å²) in [5.41, 5.74) is 0.259. The summed E-state index contributed by atoms with van der Waals surface area (Å²) < 4.78 is 13.5. The maximum atomic E-state index is 13.5. The summed E-state index contributed by atoms with van der Waals surface area (Å²) in [6.07, 6.45) is 2.00. The average Bonchev–Trinajstić information content (AvgIpc) is 2.39. The Morgan fingerprint density at radius 1 is 1.53 bits per heavy atom. The summed E-state index contributed by atoms with van der Waals surface area (Å²) in [5.74, 6) is -0.186. The summed E-state index contributed by atoms with van der Waals surface area (Å²) in [5, 5.41) is 4.05. The Morgan fingerprint density at radius 2 is 2.26 bits per heavy atom. The number of halogens is 3. The van der Waals surface area contributed by atoms with Gasteiger partial charge in [0.05, 0.1) is 6.42 Å². The summed E-state index contributed by atoms with van der Waals surface area (Å²) in [6.45, 7) is 2.71. The van der Waals surface area contributed by atoms with Crippen LogP contribution in [0.1, 0.15) is 25.3 Å². The third kappa shape index (κ3) is 5.49. The third-order valence-corrected chi connectivity index (χ3v) is 3.89. The van der Waals surface area contributed by atoms with E-state index in [0.717, 1.165) is 18.2 Å². The molecule has 1 N–H and O–H groups in total. The molecule has 0 radical (unpaired) electrons. The fourth-order valence-electron chi connectivity index (χ4n) is 1.79. The number of hydrogen-bond donors (Lipinski definition) is 1. The monoisotopic (exact) mass is 349 g/mol. The van der Waals surface area contributed by atoms with Gasteiger partial charge in [0.25, 0.3) is 0 Å². The molecule has 19 heavy (non-hydrogen) atoms. The third-order valence-electron chi connectivity index (χ3n) is 3.08. The van der Waals surface area contributed by atoms with Gasteiger partial charge in [-0.15, -0.1) is 0 Å². The number of hydrogen-bond acceptors (Lipinski definition) is 1. The molecule has 2 nitrogen and oxygen atoms in total. The summed E-state index contributed by atoms with van der Waals surface area (Å²) >= 11 is 9.28. The van der Waals surface area contributed by atoms with Gasteiger partial charge >= 0.3 is 0 Å². The smallest absolute Gasteiger partial charge is 0.224 e. The van der Waals surface area contributed by atoms with E-state index >= 15 is 0 Å². The fraction of sp³-hybridized carbons (Fsp3) is 0.500. The van der Waals surface area contributed by atoms with Crippen molar-refractivity contribution in [1.82, 2.24) is 5.32 Å². The quantitative estimate of drug-likeness (QED) is 0.741. The van der Waals surface area contributed by atoms with Crippen LogP contribution in [0.25, 0.3) is 0 Å². The summed E-state index contributed by atoms with van der Waals surface area (Å²) in [4.78, 5) is 11.8. The largest absolute Gasteiger partial charge is 0.356 e. The average molecular weight is 351 g/mol. The first-order valence-electron chi connectivity index (χ1n) is 6.34. The van der Waals surface area contributed by atoms with Crippen LogP contribution < -0.4 is 5.32 Å². The van der Waals surface area contributed by atoms with Crippen LogP contribution in [0, 0.1) is 11.7 Å². The molecule has 0 aromatic heterocycles. The first-order chi connectivity index (χ1) is 9.08. The molecule has 1 amide bonds. The van der Waals surface area contributed by atoms with Gasteiger partial charge in [-0.2, -0.15) is 0 Å². The van der Waals surface area contributed by atoms with E-state index < -0.39 is 5.82 Å². The molecular formula is C14H18BrClFNO. The van der Waals surface area contributed by atoms with E-state index in [0.29, 0.717) is 17.5 Å². The Hall–Kier alpha value is -0.610. The van der Waals surface area contributed by atoms with Crippen LogP contribution in [0.5, 0.6) is 0 Å². The maximum absolute atomic E-state index is 13.5. The number of nitrogens with one attached hydrogen (secondary N) is 1. The zero-order chi connectivity index (χ0) is 14.3. The maximum Gasteiger partial charge on any atom is 0.224 e. The van der Waals surface area contributed by atoms with Gasteiger partial charge < -0.3 is 5.32 Å². The normalized spacial score (nSPS) is 12.2. The van der Waals surface area contributed by atoms with Crippen LogP contribution in [0.4, 0.5) is 4.39 Å². The highest BCUT2D eigenvalue weighted by molar-refractivity contribution is 9.09. The number of alkyl halides is 1. The number of rotatable bonds is 7. The van der Waals surface area contributed by atoms with Crippen molar-refractivity contribution < 1.29 is 9.18 Å². The Kier molecular flexibility index (Phi) is 7.39. The van der Waals surface area contributed by atoms with Crippen molar-refractivity contribution in [3.8, 4) is 0 Å². The van der Waals surface area contributed by atoms with Crippen LogP contribution in [0.15, 0.2) is 18.2 Å². The zero-order valence-electron chi connectivity index (χ0n) is 10.9. The van der Waals surface area contributed by atoms with Crippen LogP contribution in [-0.2, 0) is 11.2 Å². The molecule has 0 aliphatic rings. The Bertz CT molecular complexity index is 408. The van der Waals surface area contributed by atoms with E-state index in [1.54, 1.807) is 6.07 Å². The van der Waals surface area contributed by atoms with Crippen molar-refractivity contribution in [2.45, 2.75) is 26.2 Å². The standard InChI is InChI=1S/C14H18BrClFNO/c1-2-10(6-7-15)9-18-14(19)8-11-12(16)4-3-5-13(11)17/h3-5,10H,2,6-9H2,1H3,(H,18,19). The van der Waals surface area contributed by atoms with E-state index in [2.05, 4.69) is 28.2 Å². The lowest BCUT2D eigenvalue weighted by molar-refractivity contribution is -0.120. The number of carbonyl (C=O) groups excluding carboxylic acids is 1. The Balaban J connectivity index is 2.51. The van der Waals surface area contributed by atoms with Gasteiger partial charge in [0.1, 0.15) is 5.82 Å². The van der Waals surface area contributed by atoms with E-state index in [-0.39, 0.29) is 17.9 Å². The lowest BCUT2D eigenvalue weighted by Crippen LogP contribution is -2.30. The van der Waals surface area contributed by atoms with Crippen molar-refractivity contribution in [1.29, 1.82) is 0 Å². The molecule has 0 saturated heterocycles. The topological polar surface area (TPSA) is 29.1 Å². The van der Waals surface area contributed by atoms with Gasteiger partial charge in [-0.25, -0.2) is 4.39 Å². The SMILES string of the molecule is CCC(CCBr)CNC(=O)Cc1c(F)cccc1Cl. The van der Waals surface area contributed by atoms with Gasteiger partial charge in [-0.05, 0) is 24.5 Å². The first-order valence-corrected chi connectivity index (χ1v) is 7.84. The van der Waals surface area contributed by atoms with Crippen molar-refractivity contribution in [2.75, 3.05) is 11.9 Å². The van der Waals surface area contributed by atoms with Gasteiger partial charge in [0.2, 0.25) is 5.91 Å². The van der Waals surface area contributed by atoms with Crippen molar-refractivity contribution in [3.05, 3.63) is 34.6 Å². The minimum Gasteiger partial charge on any atom is -0.356 e. The predicted octanol–water partition coefficient (Wildman–Crippen LogP) is 3.95. The molecular weight excluding hydrogens is 333 g/mol. The van der Waals surface area contributed by atoms with Crippen molar-refractivity contribution >= 4 is 33.4 Å². The minimum absolute atomic E-state index is 0.0176. The van der Waals surface area contributed by atoms with E-state index in [9.17, 15) is 9.18 Å². The molecule has 5 heteroatoms. The van der Waals surface area contributed by atoms with Crippen LogP contribution in [0.3, 0.4) is 0 Å². The van der Waals surface area contributed by atoms with Crippen LogP contribution >= 0.6 is 27.5 Å². The molecule has 0 saturated carbocycles. The highest BCUT2D eigenvalue weighted by atomic mass is 79.9. The second-order valence-electron chi connectivity index (χ2n) is 4.43. The van der Waals surface area contributed by atoms with Gasteiger partial charge in [0, 0.05) is 22.5 Å². The van der Waals surface area contributed by atoms with Crippen molar-refractivity contribution in [3.63, 3.8) is 0 Å². The minimum atomic E-state index is -0.435. The van der Waals surface area contributed by atoms with E-state index in [1.807, 2.05) is 0 Å². The predicted molar refractivity (Wildman–Crippen MR) is 80.3 cm³/mol. The number of carbonyl (C=O) groups is 1. The molecule has 1 atom stereocenters. The van der Waals surface area contributed by atoms with Gasteiger partial charge in [-0.3, -0.25) is 4.79 Å². The second kappa shape index (κ2) is 8.54. The second-order valence-corrected chi connectivity index (χ2v) is 5.63. The van der Waals surface area contributed by atoms with E-state index in [4.69, 9.17) is 11.6 Å². The lowest BCUT2D eigenvalue weighted by atomic mass is 10.0. The molecule has 106 valence electrons. The Labute approximate surface area is 126 Å². The van der Waals surface area contributed by atoms with Gasteiger partial charge in [-0.1, -0.05) is 46.9 Å². The molecule has 1 rings (SSSR count). The Morgan fingerprint density at radius 3 is 2.84 bits per heavy atom. The molecule has 0 spiro atoms. The molecule has 0 aliphatic carbocycles. The lowest BCUT2D eigenvalue weighted by Gasteiger charge is -2.14. The molecule has 0 aliphatic heterocycles.